The fourth-order valence-corrected chi connectivity index (χ4v) is 11.4. The molecule has 0 aliphatic rings. The maximum atomic E-state index is 14.3. The van der Waals surface area contributed by atoms with Crippen LogP contribution < -0.4 is 0 Å². The average molecular weight is 1250 g/mol. The van der Waals surface area contributed by atoms with Gasteiger partial charge in [0.15, 0.2) is 0 Å². The number of hydrogen-bond donors (Lipinski definition) is 2. The number of aliphatic carboxylic acids is 2. The Labute approximate surface area is 538 Å². The van der Waals surface area contributed by atoms with Crippen LogP contribution in [0.15, 0.2) is 0 Å². The summed E-state index contributed by atoms with van der Waals surface area (Å²) in [5.74, 6) is -9.03. The highest BCUT2D eigenvalue weighted by atomic mass is 16.7. The number of esters is 5. The van der Waals surface area contributed by atoms with Crippen molar-refractivity contribution in [2.45, 2.75) is 412 Å². The van der Waals surface area contributed by atoms with E-state index in [0.29, 0.717) is 51.4 Å². The molecule has 0 aromatic carbocycles. The van der Waals surface area contributed by atoms with E-state index in [1.54, 1.807) is 0 Å². The highest BCUT2D eigenvalue weighted by Crippen LogP contribution is 2.37. The van der Waals surface area contributed by atoms with Gasteiger partial charge in [-0.1, -0.05) is 323 Å². The lowest BCUT2D eigenvalue weighted by Gasteiger charge is -2.43. The molecule has 0 spiro atoms. The fraction of sp³-hybridized carbons (Fsp3) is 0.905. The van der Waals surface area contributed by atoms with Gasteiger partial charge < -0.3 is 33.9 Å². The monoisotopic (exact) mass is 1250 g/mol. The minimum Gasteiger partial charge on any atom is -0.478 e. The van der Waals surface area contributed by atoms with E-state index in [0.717, 1.165) is 103 Å². The standard InChI is InChI=1S/C74H136O14/c1-8-12-16-20-24-28-32-34-36-40-44-48-52-56-60-66(77)87-73(69(79)80,62-84-64(75)58-54-50-46-42-38-30-26-22-18-14-10-3)68(86-71(83)72(5,6)7)74(70(81)82,63-85-65(76)59-55-51-47-43-39-31-27-23-19-15-11-4)88-67(78)61-57-53-49-45-41-37-35-33-29-25-21-17-13-9-2/h68H,8-63H2,1-7H3,(H,79,80)(H,81,82). The van der Waals surface area contributed by atoms with Crippen molar-refractivity contribution in [3.05, 3.63) is 0 Å². The largest absolute Gasteiger partial charge is 0.478 e. The van der Waals surface area contributed by atoms with Crippen molar-refractivity contribution in [2.24, 2.45) is 5.41 Å². The zero-order valence-corrected chi connectivity index (χ0v) is 58.0. The molecular weight excluding hydrogens is 1110 g/mol. The van der Waals surface area contributed by atoms with Gasteiger partial charge in [0.25, 0.3) is 11.2 Å². The van der Waals surface area contributed by atoms with Gasteiger partial charge in [0.2, 0.25) is 6.10 Å². The van der Waals surface area contributed by atoms with Crippen molar-refractivity contribution in [1.29, 1.82) is 0 Å². The molecule has 0 heterocycles. The number of carboxylic acid groups (broad SMARTS) is 2. The average Bonchev–Trinajstić information content (AvgIpc) is 1.11. The number of unbranched alkanes of at least 4 members (excludes halogenated alkanes) is 46. The molecular formula is C74H136O14. The number of ether oxygens (including phenoxy) is 5. The van der Waals surface area contributed by atoms with E-state index >= 15 is 0 Å². The molecule has 0 fully saturated rings. The highest BCUT2D eigenvalue weighted by Gasteiger charge is 2.68. The van der Waals surface area contributed by atoms with Crippen molar-refractivity contribution < 1.29 is 67.5 Å². The van der Waals surface area contributed by atoms with Crippen LogP contribution in [0.3, 0.4) is 0 Å². The van der Waals surface area contributed by atoms with Crippen LogP contribution in [-0.2, 0) is 57.2 Å². The maximum Gasteiger partial charge on any atom is 0.356 e. The van der Waals surface area contributed by atoms with Crippen LogP contribution >= 0.6 is 0 Å². The fourth-order valence-electron chi connectivity index (χ4n) is 11.4. The number of carboxylic acids is 2. The van der Waals surface area contributed by atoms with Gasteiger partial charge in [0, 0.05) is 25.7 Å². The number of hydrogen-bond acceptors (Lipinski definition) is 12. The molecule has 0 aromatic rings. The Bertz CT molecular complexity index is 1630. The molecule has 2 N–H and O–H groups in total. The molecule has 0 amide bonds. The van der Waals surface area contributed by atoms with Crippen LogP contribution in [0.5, 0.6) is 0 Å². The van der Waals surface area contributed by atoms with Gasteiger partial charge in [-0.15, -0.1) is 0 Å². The summed E-state index contributed by atoms with van der Waals surface area (Å²) >= 11 is 0. The van der Waals surface area contributed by atoms with E-state index in [9.17, 15) is 43.8 Å². The van der Waals surface area contributed by atoms with Crippen molar-refractivity contribution in [2.75, 3.05) is 13.2 Å². The van der Waals surface area contributed by atoms with Crippen molar-refractivity contribution in [3.8, 4) is 0 Å². The molecule has 14 heteroatoms. The van der Waals surface area contributed by atoms with E-state index in [4.69, 9.17) is 23.7 Å². The molecule has 0 aliphatic heterocycles. The van der Waals surface area contributed by atoms with Gasteiger partial charge in [-0.25, -0.2) is 9.59 Å². The lowest BCUT2D eigenvalue weighted by atomic mass is 9.82. The molecule has 0 aromatic heterocycles. The van der Waals surface area contributed by atoms with Gasteiger partial charge in [-0.05, 0) is 46.5 Å². The van der Waals surface area contributed by atoms with Gasteiger partial charge >= 0.3 is 41.8 Å². The zero-order chi connectivity index (χ0) is 65.3. The van der Waals surface area contributed by atoms with Gasteiger partial charge in [-0.3, -0.25) is 24.0 Å². The maximum absolute atomic E-state index is 14.3. The Balaban J connectivity index is 6.87. The molecule has 2 atom stereocenters. The van der Waals surface area contributed by atoms with E-state index in [1.165, 1.54) is 188 Å². The lowest BCUT2D eigenvalue weighted by Crippen LogP contribution is -2.71. The molecule has 516 valence electrons. The number of carbonyl (C=O) groups is 7. The zero-order valence-electron chi connectivity index (χ0n) is 58.0. The summed E-state index contributed by atoms with van der Waals surface area (Å²) in [6.45, 7) is 10.6. The highest BCUT2D eigenvalue weighted by molar-refractivity contribution is 5.90. The van der Waals surface area contributed by atoms with Gasteiger partial charge in [0.05, 0.1) is 5.41 Å². The Hall–Kier alpha value is -3.71. The van der Waals surface area contributed by atoms with E-state index < -0.39 is 77.7 Å². The van der Waals surface area contributed by atoms with Crippen molar-refractivity contribution in [3.63, 3.8) is 0 Å². The first-order valence-corrected chi connectivity index (χ1v) is 36.9. The SMILES string of the molecule is CCCCCCCCCCCCCCCCC(=O)OC(COC(=O)CCCCCCCCCCCCC)(C(=O)O)C(OC(=O)C(C)(C)C)C(COC(=O)CCCCCCCCCCCCC)(OC(=O)CCCCCCCCCCCCCCCC)C(=O)O. The molecule has 0 saturated carbocycles. The quantitative estimate of drug-likeness (QED) is 0.0330. The second-order valence-electron chi connectivity index (χ2n) is 27.0. The Morgan fingerprint density at radius 2 is 0.466 bits per heavy atom. The molecule has 0 saturated heterocycles. The lowest BCUT2D eigenvalue weighted by molar-refractivity contribution is -0.250. The van der Waals surface area contributed by atoms with Gasteiger partial charge in [0.1, 0.15) is 13.2 Å². The van der Waals surface area contributed by atoms with Crippen LogP contribution in [0.4, 0.5) is 0 Å². The summed E-state index contributed by atoms with van der Waals surface area (Å²) in [6, 6.07) is 0. The third-order valence-electron chi connectivity index (χ3n) is 17.3. The summed E-state index contributed by atoms with van der Waals surface area (Å²) in [5.41, 5.74) is -8.05. The summed E-state index contributed by atoms with van der Waals surface area (Å²) in [4.78, 5) is 98.5. The van der Waals surface area contributed by atoms with Gasteiger partial charge in [-0.2, -0.15) is 0 Å². The van der Waals surface area contributed by atoms with Crippen LogP contribution in [0.2, 0.25) is 0 Å². The molecule has 0 rings (SSSR count). The number of rotatable bonds is 65. The molecule has 2 unspecified atom stereocenters. The van der Waals surface area contributed by atoms with E-state index in [-0.39, 0.29) is 25.7 Å². The van der Waals surface area contributed by atoms with Crippen LogP contribution in [0.1, 0.15) is 395 Å². The first kappa shape index (κ1) is 84.3. The molecule has 0 radical (unpaired) electrons. The number of carbonyl (C=O) groups excluding carboxylic acids is 5. The Kier molecular flexibility index (Phi) is 54.8. The normalized spacial score (nSPS) is 13.3. The third kappa shape index (κ3) is 44.7. The van der Waals surface area contributed by atoms with Crippen LogP contribution in [0, 0.1) is 5.41 Å². The Morgan fingerprint density at radius 1 is 0.284 bits per heavy atom. The Morgan fingerprint density at radius 3 is 0.648 bits per heavy atom. The minimum atomic E-state index is -3.31. The summed E-state index contributed by atoms with van der Waals surface area (Å²) in [6.07, 6.45) is 48.9. The topological polar surface area (TPSA) is 206 Å². The summed E-state index contributed by atoms with van der Waals surface area (Å²) in [5, 5.41) is 23.0. The molecule has 0 aliphatic carbocycles. The summed E-state index contributed by atoms with van der Waals surface area (Å²) in [7, 11) is 0. The summed E-state index contributed by atoms with van der Waals surface area (Å²) < 4.78 is 29.3. The minimum absolute atomic E-state index is 0.124. The molecule has 14 nitrogen and oxygen atoms in total. The second kappa shape index (κ2) is 57.2. The first-order chi connectivity index (χ1) is 42.5. The molecule has 88 heavy (non-hydrogen) atoms. The van der Waals surface area contributed by atoms with Crippen LogP contribution in [0.25, 0.3) is 0 Å². The smallest absolute Gasteiger partial charge is 0.356 e. The van der Waals surface area contributed by atoms with E-state index in [1.807, 2.05) is 0 Å². The second-order valence-corrected chi connectivity index (χ2v) is 27.0. The predicted molar refractivity (Wildman–Crippen MR) is 356 cm³/mol. The van der Waals surface area contributed by atoms with Crippen LogP contribution in [-0.4, -0.2) is 82.5 Å². The molecule has 0 bridgehead atoms. The first-order valence-electron chi connectivity index (χ1n) is 36.9. The van der Waals surface area contributed by atoms with Crippen molar-refractivity contribution in [1.82, 2.24) is 0 Å². The third-order valence-corrected chi connectivity index (χ3v) is 17.3. The van der Waals surface area contributed by atoms with E-state index in [2.05, 4.69) is 27.7 Å². The predicted octanol–water partition coefficient (Wildman–Crippen LogP) is 20.9. The van der Waals surface area contributed by atoms with Crippen molar-refractivity contribution >= 4 is 41.8 Å².